The molecular formula is C25H29ClN4O5S2. The van der Waals surface area contributed by atoms with Crippen LogP contribution in [0.4, 0.5) is 0 Å². The van der Waals surface area contributed by atoms with Gasteiger partial charge in [-0.05, 0) is 35.0 Å². The van der Waals surface area contributed by atoms with E-state index in [4.69, 9.17) is 16.3 Å². The van der Waals surface area contributed by atoms with Crippen LogP contribution in [0.5, 0.6) is 0 Å². The molecule has 1 unspecified atom stereocenters. The lowest BCUT2D eigenvalue weighted by Gasteiger charge is -2.39. The Morgan fingerprint density at radius 1 is 1.16 bits per heavy atom. The van der Waals surface area contributed by atoms with Crippen LogP contribution in [-0.4, -0.2) is 80.2 Å². The minimum atomic E-state index is -3.68. The second kappa shape index (κ2) is 11.3. The van der Waals surface area contributed by atoms with Crippen LogP contribution in [0.25, 0.3) is 10.8 Å². The van der Waals surface area contributed by atoms with Gasteiger partial charge in [0, 0.05) is 62.8 Å². The molecule has 2 heterocycles. The third-order valence-corrected chi connectivity index (χ3v) is 9.62. The van der Waals surface area contributed by atoms with Crippen molar-refractivity contribution in [3.05, 3.63) is 57.3 Å². The highest BCUT2D eigenvalue weighted by Gasteiger charge is 2.35. The Morgan fingerprint density at radius 3 is 2.59 bits per heavy atom. The van der Waals surface area contributed by atoms with E-state index in [1.54, 1.807) is 42.3 Å². The van der Waals surface area contributed by atoms with Crippen molar-refractivity contribution >= 4 is 55.4 Å². The van der Waals surface area contributed by atoms with E-state index in [1.807, 2.05) is 21.9 Å². The Labute approximate surface area is 224 Å². The third kappa shape index (κ3) is 6.06. The van der Waals surface area contributed by atoms with Crippen LogP contribution < -0.4 is 4.80 Å². The molecule has 0 N–H and O–H groups in total. The predicted octanol–water partition coefficient (Wildman–Crippen LogP) is 2.47. The Kier molecular flexibility index (Phi) is 8.37. The number of ether oxygens (including phenoxy) is 1. The second-order valence-electron chi connectivity index (χ2n) is 8.86. The molecule has 0 spiro atoms. The normalized spacial score (nSPS) is 17.4. The van der Waals surface area contributed by atoms with Crippen LogP contribution in [0, 0.1) is 0 Å². The monoisotopic (exact) mass is 564 g/mol. The van der Waals surface area contributed by atoms with Crippen LogP contribution in [0.3, 0.4) is 0 Å². The van der Waals surface area contributed by atoms with E-state index in [0.717, 1.165) is 21.3 Å². The fourth-order valence-electron chi connectivity index (χ4n) is 4.44. The standard InChI is InChI=1S/C25H29ClN4O5S2/c1-27-25-28(2)20(16-36-25)14-29-9-10-30(15-22(29)24(32)35-3)23(31)8-11-37(33,34)21-7-5-17-12-19(26)6-4-18(17)13-21/h4-7,12-13,16,22H,8-11,14-15H2,1-3H3/b27-25-. The molecule has 1 aromatic heterocycles. The molecule has 0 aliphatic carbocycles. The van der Waals surface area contributed by atoms with Crippen molar-refractivity contribution in [3.8, 4) is 0 Å². The molecule has 1 saturated heterocycles. The summed E-state index contributed by atoms with van der Waals surface area (Å²) in [5.74, 6) is -1.06. The van der Waals surface area contributed by atoms with Gasteiger partial charge in [0.1, 0.15) is 6.04 Å². The number of methoxy groups -OCH3 is 1. The predicted molar refractivity (Wildman–Crippen MR) is 143 cm³/mol. The SMILES string of the molecule is C/N=c1\scc(CN2CCN(C(=O)CCS(=O)(=O)c3ccc4cc(Cl)ccc4c3)CC2C(=O)OC)n1C. The smallest absolute Gasteiger partial charge is 0.324 e. The molecule has 1 aliphatic rings. The maximum Gasteiger partial charge on any atom is 0.324 e. The second-order valence-corrected chi connectivity index (χ2v) is 12.2. The maximum absolute atomic E-state index is 13.0. The van der Waals surface area contributed by atoms with E-state index in [0.29, 0.717) is 24.7 Å². The number of hydrogen-bond donors (Lipinski definition) is 0. The number of benzene rings is 2. The Hall–Kier alpha value is -2.73. The number of nitrogens with zero attached hydrogens (tertiary/aromatic N) is 4. The van der Waals surface area contributed by atoms with Gasteiger partial charge in [0.25, 0.3) is 0 Å². The number of piperazine rings is 1. The minimum absolute atomic E-state index is 0.140. The Balaban J connectivity index is 1.42. The van der Waals surface area contributed by atoms with Crippen molar-refractivity contribution in [2.75, 3.05) is 39.5 Å². The lowest BCUT2D eigenvalue weighted by atomic mass is 10.1. The van der Waals surface area contributed by atoms with Gasteiger partial charge in [-0.2, -0.15) is 0 Å². The zero-order chi connectivity index (χ0) is 26.7. The van der Waals surface area contributed by atoms with E-state index in [-0.39, 0.29) is 29.5 Å². The summed E-state index contributed by atoms with van der Waals surface area (Å²) in [7, 11) is 1.30. The number of sulfone groups is 1. The van der Waals surface area contributed by atoms with Gasteiger partial charge in [-0.3, -0.25) is 19.5 Å². The number of amides is 1. The fourth-order valence-corrected chi connectivity index (χ4v) is 6.73. The molecule has 12 heteroatoms. The molecule has 0 radical (unpaired) electrons. The van der Waals surface area contributed by atoms with Gasteiger partial charge < -0.3 is 14.2 Å². The third-order valence-electron chi connectivity index (χ3n) is 6.61. The first kappa shape index (κ1) is 27.3. The number of halogens is 1. The quantitative estimate of drug-likeness (QED) is 0.409. The summed E-state index contributed by atoms with van der Waals surface area (Å²) in [6.07, 6.45) is -0.171. The highest BCUT2D eigenvalue weighted by molar-refractivity contribution is 7.91. The van der Waals surface area contributed by atoms with Gasteiger partial charge >= 0.3 is 5.97 Å². The van der Waals surface area contributed by atoms with Crippen LogP contribution >= 0.6 is 22.9 Å². The van der Waals surface area contributed by atoms with Crippen molar-refractivity contribution in [2.45, 2.75) is 23.9 Å². The first-order chi connectivity index (χ1) is 17.6. The van der Waals surface area contributed by atoms with Crippen LogP contribution in [0.2, 0.25) is 5.02 Å². The van der Waals surface area contributed by atoms with Gasteiger partial charge in [0.15, 0.2) is 14.6 Å². The van der Waals surface area contributed by atoms with Crippen LogP contribution in [-0.2, 0) is 37.8 Å². The minimum Gasteiger partial charge on any atom is -0.468 e. The zero-order valence-corrected chi connectivity index (χ0v) is 23.3. The molecule has 4 rings (SSSR count). The Bertz CT molecular complexity index is 1500. The van der Waals surface area contributed by atoms with Gasteiger partial charge in [0.2, 0.25) is 5.91 Å². The summed E-state index contributed by atoms with van der Waals surface area (Å²) >= 11 is 7.53. The van der Waals surface area contributed by atoms with Gasteiger partial charge in [0.05, 0.1) is 17.8 Å². The van der Waals surface area contributed by atoms with Gasteiger partial charge in [-0.15, -0.1) is 11.3 Å². The van der Waals surface area contributed by atoms with E-state index in [9.17, 15) is 18.0 Å². The van der Waals surface area contributed by atoms with Gasteiger partial charge in [-0.25, -0.2) is 8.42 Å². The maximum atomic E-state index is 13.0. The average Bonchev–Trinajstić information content (AvgIpc) is 3.25. The van der Waals surface area contributed by atoms with E-state index >= 15 is 0 Å². The fraction of sp³-hybridized carbons (Fsp3) is 0.400. The molecule has 0 saturated carbocycles. The van der Waals surface area contributed by atoms with Crippen molar-refractivity contribution < 1.29 is 22.7 Å². The molecule has 198 valence electrons. The summed E-state index contributed by atoms with van der Waals surface area (Å²) in [6, 6.07) is 9.44. The number of esters is 1. The summed E-state index contributed by atoms with van der Waals surface area (Å²) < 4.78 is 32.9. The Morgan fingerprint density at radius 2 is 1.89 bits per heavy atom. The number of rotatable bonds is 7. The highest BCUT2D eigenvalue weighted by Crippen LogP contribution is 2.24. The largest absolute Gasteiger partial charge is 0.468 e. The number of carbonyl (C=O) groups excluding carboxylic acids is 2. The molecule has 0 bridgehead atoms. The van der Waals surface area contributed by atoms with Crippen LogP contribution in [0.15, 0.2) is 51.7 Å². The summed E-state index contributed by atoms with van der Waals surface area (Å²) in [5, 5.41) is 4.17. The van der Waals surface area contributed by atoms with Crippen molar-refractivity contribution in [2.24, 2.45) is 12.0 Å². The molecule has 1 fully saturated rings. The zero-order valence-electron chi connectivity index (χ0n) is 20.9. The molecule has 3 aromatic rings. The van der Waals surface area contributed by atoms with E-state index < -0.39 is 21.8 Å². The van der Waals surface area contributed by atoms with Crippen molar-refractivity contribution in [1.29, 1.82) is 0 Å². The average molecular weight is 565 g/mol. The van der Waals surface area contributed by atoms with Crippen LogP contribution in [0.1, 0.15) is 12.1 Å². The molecule has 37 heavy (non-hydrogen) atoms. The molecule has 1 amide bonds. The lowest BCUT2D eigenvalue weighted by Crippen LogP contribution is -2.57. The molecular weight excluding hydrogens is 536 g/mol. The summed E-state index contributed by atoms with van der Waals surface area (Å²) in [6.45, 7) is 1.49. The molecule has 1 atom stereocenters. The first-order valence-corrected chi connectivity index (χ1v) is 14.6. The van der Waals surface area contributed by atoms with Crippen molar-refractivity contribution in [3.63, 3.8) is 0 Å². The summed E-state index contributed by atoms with van der Waals surface area (Å²) in [5.41, 5.74) is 1.00. The highest BCUT2D eigenvalue weighted by atomic mass is 35.5. The molecule has 1 aliphatic heterocycles. The number of fused-ring (bicyclic) bond motifs is 1. The summed E-state index contributed by atoms with van der Waals surface area (Å²) in [4.78, 5) is 34.4. The number of carbonyl (C=O) groups is 2. The lowest BCUT2D eigenvalue weighted by molar-refractivity contribution is -0.152. The number of aromatic nitrogens is 1. The van der Waals surface area contributed by atoms with E-state index in [2.05, 4.69) is 4.99 Å². The van der Waals surface area contributed by atoms with Gasteiger partial charge in [-0.1, -0.05) is 23.7 Å². The number of thiazole rings is 1. The number of hydrogen-bond acceptors (Lipinski definition) is 8. The molecule has 9 nitrogen and oxygen atoms in total. The molecule has 2 aromatic carbocycles. The topological polar surface area (TPSA) is 101 Å². The van der Waals surface area contributed by atoms with Crippen molar-refractivity contribution in [1.82, 2.24) is 14.4 Å². The van der Waals surface area contributed by atoms with E-state index in [1.165, 1.54) is 24.5 Å². The first-order valence-electron chi connectivity index (χ1n) is 11.7.